The van der Waals surface area contributed by atoms with Crippen molar-refractivity contribution in [3.63, 3.8) is 0 Å². The second kappa shape index (κ2) is 8.55. The lowest BCUT2D eigenvalue weighted by Gasteiger charge is -2.30. The fourth-order valence-corrected chi connectivity index (χ4v) is 3.99. The molecule has 160 valence electrons. The average Bonchev–Trinajstić information content (AvgIpc) is 2.84. The van der Waals surface area contributed by atoms with Crippen LogP contribution < -0.4 is 15.4 Å². The lowest BCUT2D eigenvalue weighted by molar-refractivity contribution is 0.206. The van der Waals surface area contributed by atoms with E-state index in [9.17, 15) is 4.79 Å². The van der Waals surface area contributed by atoms with Crippen molar-refractivity contribution in [2.75, 3.05) is 24.3 Å². The van der Waals surface area contributed by atoms with Gasteiger partial charge in [-0.3, -0.25) is 4.98 Å². The van der Waals surface area contributed by atoms with Crippen LogP contribution in [0.15, 0.2) is 73.1 Å². The van der Waals surface area contributed by atoms with E-state index in [1.54, 1.807) is 18.2 Å². The number of fused-ring (bicyclic) bond motifs is 2. The third-order valence-electron chi connectivity index (χ3n) is 5.63. The van der Waals surface area contributed by atoms with E-state index in [1.165, 1.54) is 0 Å². The number of rotatable bonds is 4. The average molecular weight is 425 g/mol. The van der Waals surface area contributed by atoms with Crippen LogP contribution in [0.5, 0.6) is 5.75 Å². The number of nitrogens with zero attached hydrogens (tertiary/aromatic N) is 3. The van der Waals surface area contributed by atoms with Gasteiger partial charge in [-0.25, -0.2) is 9.78 Å². The van der Waals surface area contributed by atoms with Gasteiger partial charge in [-0.05, 0) is 42.3 Å². The molecular weight excluding hydrogens is 402 g/mol. The first-order chi connectivity index (χ1) is 15.7. The molecule has 0 radical (unpaired) electrons. The predicted octanol–water partition coefficient (Wildman–Crippen LogP) is 4.97. The van der Waals surface area contributed by atoms with E-state index in [0.717, 1.165) is 33.5 Å². The normalized spacial score (nSPS) is 12.8. The predicted molar refractivity (Wildman–Crippen MR) is 125 cm³/mol. The molecule has 0 aliphatic carbocycles. The molecule has 5 rings (SSSR count). The zero-order valence-corrected chi connectivity index (χ0v) is 17.7. The van der Waals surface area contributed by atoms with Crippen LogP contribution in [-0.2, 0) is 13.0 Å². The summed E-state index contributed by atoms with van der Waals surface area (Å²) in [6, 6.07) is 19.3. The Hall–Kier alpha value is -4.13. The molecule has 3 heterocycles. The summed E-state index contributed by atoms with van der Waals surface area (Å²) in [4.78, 5) is 23.7. The Kier molecular flexibility index (Phi) is 5.29. The molecule has 0 saturated heterocycles. The summed E-state index contributed by atoms with van der Waals surface area (Å²) in [6.45, 7) is 1.12. The minimum absolute atomic E-state index is 0.148. The summed E-state index contributed by atoms with van der Waals surface area (Å²) < 4.78 is 5.33. The van der Waals surface area contributed by atoms with Crippen LogP contribution in [0.2, 0.25) is 0 Å². The van der Waals surface area contributed by atoms with Crippen molar-refractivity contribution in [2.45, 2.75) is 13.0 Å². The summed E-state index contributed by atoms with van der Waals surface area (Å²) in [5.74, 6) is 1.45. The molecule has 0 fully saturated rings. The Morgan fingerprint density at radius 2 is 1.91 bits per heavy atom. The van der Waals surface area contributed by atoms with Crippen molar-refractivity contribution in [3.8, 4) is 5.75 Å². The van der Waals surface area contributed by atoms with Crippen LogP contribution in [0.4, 0.5) is 22.0 Å². The van der Waals surface area contributed by atoms with Crippen molar-refractivity contribution in [3.05, 3.63) is 84.2 Å². The number of methoxy groups -OCH3 is 1. The van der Waals surface area contributed by atoms with Crippen LogP contribution in [-0.4, -0.2) is 34.6 Å². The number of para-hydroxylation sites is 3. The quantitative estimate of drug-likeness (QED) is 0.482. The molecular formula is C25H23N5O2. The Balaban J connectivity index is 1.33. The number of aromatic nitrogens is 2. The minimum Gasteiger partial charge on any atom is -0.495 e. The second-order valence-electron chi connectivity index (χ2n) is 7.64. The third-order valence-corrected chi connectivity index (χ3v) is 5.63. The molecule has 7 heteroatoms. The van der Waals surface area contributed by atoms with Gasteiger partial charge >= 0.3 is 6.03 Å². The summed E-state index contributed by atoms with van der Waals surface area (Å²) in [6.07, 6.45) is 4.31. The van der Waals surface area contributed by atoms with Gasteiger partial charge in [0.05, 0.1) is 30.2 Å². The van der Waals surface area contributed by atoms with Gasteiger partial charge in [0, 0.05) is 30.2 Å². The first-order valence-corrected chi connectivity index (χ1v) is 10.5. The molecule has 2 aromatic carbocycles. The van der Waals surface area contributed by atoms with E-state index in [-0.39, 0.29) is 6.03 Å². The highest BCUT2D eigenvalue weighted by atomic mass is 16.5. The van der Waals surface area contributed by atoms with E-state index in [4.69, 9.17) is 4.74 Å². The van der Waals surface area contributed by atoms with E-state index in [1.807, 2.05) is 60.8 Å². The summed E-state index contributed by atoms with van der Waals surface area (Å²) in [5.41, 5.74) is 4.71. The number of ether oxygens (including phenoxy) is 1. The molecule has 7 nitrogen and oxygen atoms in total. The van der Waals surface area contributed by atoms with Crippen LogP contribution in [0.3, 0.4) is 0 Å². The van der Waals surface area contributed by atoms with E-state index >= 15 is 0 Å². The van der Waals surface area contributed by atoms with Crippen molar-refractivity contribution in [2.24, 2.45) is 0 Å². The number of hydrogen-bond acceptors (Lipinski definition) is 5. The highest BCUT2D eigenvalue weighted by Gasteiger charge is 2.24. The third kappa shape index (κ3) is 3.92. The second-order valence-corrected chi connectivity index (χ2v) is 7.64. The number of benzene rings is 2. The minimum atomic E-state index is -0.148. The molecule has 32 heavy (non-hydrogen) atoms. The first-order valence-electron chi connectivity index (χ1n) is 10.5. The molecule has 1 aliphatic rings. The van der Waals surface area contributed by atoms with Gasteiger partial charge < -0.3 is 20.3 Å². The van der Waals surface area contributed by atoms with Gasteiger partial charge in [-0.1, -0.05) is 30.3 Å². The van der Waals surface area contributed by atoms with Gasteiger partial charge in [0.1, 0.15) is 11.6 Å². The number of anilines is 3. The number of pyridine rings is 2. The Bertz CT molecular complexity index is 1290. The molecule has 1 aliphatic heterocycles. The largest absolute Gasteiger partial charge is 0.495 e. The maximum atomic E-state index is 12.9. The number of carbonyl (C=O) groups excluding carboxylic acids is 1. The standard InChI is InChI=1S/C25H23N5O2/c1-32-23-9-5-4-8-22(23)29-25(31)30-13-11-20-18(16-30)10-12-26-24(20)28-19-14-17-6-2-3-7-21(17)27-15-19/h2-10,12,14-15H,11,13,16H2,1H3,(H,26,28)(H,29,31). The van der Waals surface area contributed by atoms with Gasteiger partial charge in [0.25, 0.3) is 0 Å². The smallest absolute Gasteiger partial charge is 0.322 e. The van der Waals surface area contributed by atoms with Crippen molar-refractivity contribution in [1.82, 2.24) is 14.9 Å². The molecule has 0 unspecified atom stereocenters. The molecule has 0 spiro atoms. The first kappa shape index (κ1) is 19.8. The van der Waals surface area contributed by atoms with Crippen LogP contribution >= 0.6 is 0 Å². The van der Waals surface area contributed by atoms with Crippen molar-refractivity contribution >= 4 is 34.1 Å². The molecule has 0 atom stereocenters. The monoisotopic (exact) mass is 425 g/mol. The van der Waals surface area contributed by atoms with Gasteiger partial charge in [-0.15, -0.1) is 0 Å². The summed E-state index contributed by atoms with van der Waals surface area (Å²) in [7, 11) is 1.59. The molecule has 2 amide bonds. The SMILES string of the molecule is COc1ccccc1NC(=O)N1CCc2c(ccnc2Nc2cnc3ccccc3c2)C1. The van der Waals surface area contributed by atoms with E-state index in [0.29, 0.717) is 30.9 Å². The lowest BCUT2D eigenvalue weighted by atomic mass is 10.0. The van der Waals surface area contributed by atoms with Crippen molar-refractivity contribution in [1.29, 1.82) is 0 Å². The van der Waals surface area contributed by atoms with Crippen LogP contribution in [0.1, 0.15) is 11.1 Å². The van der Waals surface area contributed by atoms with Crippen molar-refractivity contribution < 1.29 is 9.53 Å². The number of nitrogens with one attached hydrogen (secondary N) is 2. The number of hydrogen-bond donors (Lipinski definition) is 2. The maximum Gasteiger partial charge on any atom is 0.322 e. The highest BCUT2D eigenvalue weighted by Crippen LogP contribution is 2.29. The zero-order chi connectivity index (χ0) is 21.9. The van der Waals surface area contributed by atoms with E-state index < -0.39 is 0 Å². The molecule has 2 N–H and O–H groups in total. The fourth-order valence-electron chi connectivity index (χ4n) is 3.99. The topological polar surface area (TPSA) is 79.4 Å². The Labute approximate surface area is 186 Å². The summed E-state index contributed by atoms with van der Waals surface area (Å²) in [5, 5.41) is 7.44. The van der Waals surface area contributed by atoms with Crippen LogP contribution in [0.25, 0.3) is 10.9 Å². The Morgan fingerprint density at radius 3 is 2.81 bits per heavy atom. The molecule has 0 saturated carbocycles. The maximum absolute atomic E-state index is 12.9. The van der Waals surface area contributed by atoms with Gasteiger partial charge in [0.15, 0.2) is 0 Å². The van der Waals surface area contributed by atoms with Gasteiger partial charge in [0.2, 0.25) is 0 Å². The molecule has 0 bridgehead atoms. The van der Waals surface area contributed by atoms with E-state index in [2.05, 4.69) is 26.7 Å². The lowest BCUT2D eigenvalue weighted by Crippen LogP contribution is -2.39. The number of amides is 2. The van der Waals surface area contributed by atoms with Crippen LogP contribution in [0, 0.1) is 0 Å². The van der Waals surface area contributed by atoms with Gasteiger partial charge in [-0.2, -0.15) is 0 Å². The Morgan fingerprint density at radius 1 is 1.06 bits per heavy atom. The number of urea groups is 1. The molecule has 4 aromatic rings. The zero-order valence-electron chi connectivity index (χ0n) is 17.7. The number of carbonyl (C=O) groups is 1. The highest BCUT2D eigenvalue weighted by molar-refractivity contribution is 5.91. The fraction of sp³-hybridized carbons (Fsp3) is 0.160. The molecule has 2 aromatic heterocycles. The summed E-state index contributed by atoms with van der Waals surface area (Å²) >= 11 is 0.